The summed E-state index contributed by atoms with van der Waals surface area (Å²) in [7, 11) is -4.44. The van der Waals surface area contributed by atoms with Gasteiger partial charge in [0.2, 0.25) is 0 Å². The van der Waals surface area contributed by atoms with Crippen LogP contribution in [0.15, 0.2) is 77.7 Å². The number of aromatic nitrogens is 2. The van der Waals surface area contributed by atoms with Gasteiger partial charge in [0.1, 0.15) is 20.7 Å². The molecule has 226 valence electrons. The van der Waals surface area contributed by atoms with Crippen LogP contribution in [-0.2, 0) is 22.7 Å². The van der Waals surface area contributed by atoms with E-state index in [-0.39, 0.29) is 17.5 Å². The van der Waals surface area contributed by atoms with E-state index in [1.54, 1.807) is 43.3 Å². The number of hydrogen-bond acceptors (Lipinski definition) is 8. The van der Waals surface area contributed by atoms with Crippen molar-refractivity contribution in [1.82, 2.24) is 16.1 Å². The van der Waals surface area contributed by atoms with Crippen molar-refractivity contribution in [3.8, 4) is 21.1 Å². The molecule has 6 aromatic rings. The number of fused-ring (bicyclic) bond motifs is 2. The summed E-state index contributed by atoms with van der Waals surface area (Å²) in [6, 6.07) is 18.2. The number of carbonyl (C=O) groups is 1. The number of aryl methyl sites for hydroxylation is 1. The van der Waals surface area contributed by atoms with Gasteiger partial charge in [0, 0.05) is 17.5 Å². The van der Waals surface area contributed by atoms with Crippen LogP contribution < -0.4 is 6.15 Å². The highest BCUT2D eigenvalue weighted by Crippen LogP contribution is 2.38. The Balaban J connectivity index is 0.00000384. The van der Waals surface area contributed by atoms with Crippen molar-refractivity contribution in [2.45, 2.75) is 24.4 Å². The van der Waals surface area contributed by atoms with E-state index < -0.39 is 39.0 Å². The summed E-state index contributed by atoms with van der Waals surface area (Å²) in [5.41, 5.74) is 1.51. The minimum Gasteiger partial charge on any atom is -0.344 e. The van der Waals surface area contributed by atoms with Gasteiger partial charge in [-0.2, -0.15) is 21.6 Å². The fourth-order valence-corrected chi connectivity index (χ4v) is 8.02. The van der Waals surface area contributed by atoms with E-state index in [0.29, 0.717) is 37.4 Å². The second kappa shape index (κ2) is 11.4. The summed E-state index contributed by atoms with van der Waals surface area (Å²) in [4.78, 5) is 21.7. The lowest BCUT2D eigenvalue weighted by atomic mass is 9.99. The van der Waals surface area contributed by atoms with Gasteiger partial charge in [-0.15, -0.1) is 22.7 Å². The zero-order valence-electron chi connectivity index (χ0n) is 22.6. The first-order valence-electron chi connectivity index (χ1n) is 12.6. The standard InChI is InChI=1S/C30H18F4N2O4S3.H3N/c1-15-5-11-22-26(27(15)43(38,39)40)42-29(36-22)18-10-12-21-24(14-18)41-28(35-21)17-8-6-16(7-9-17)13-23(37)19-3-2-4-20(25(19)31)30(32,33)34;/h2-12,14H,13H2,1H3,(H,38,39,40);1H3. The van der Waals surface area contributed by atoms with Crippen molar-refractivity contribution in [3.05, 3.63) is 101 Å². The molecule has 0 spiro atoms. The number of hydrogen-bond donors (Lipinski definition) is 2. The van der Waals surface area contributed by atoms with E-state index in [4.69, 9.17) is 0 Å². The van der Waals surface area contributed by atoms with E-state index in [2.05, 4.69) is 9.97 Å². The Labute approximate surface area is 256 Å². The van der Waals surface area contributed by atoms with Gasteiger partial charge < -0.3 is 6.15 Å². The quantitative estimate of drug-likeness (QED) is 0.104. The molecule has 14 heteroatoms. The van der Waals surface area contributed by atoms with Crippen molar-refractivity contribution >= 4 is 59.0 Å². The Morgan fingerprint density at radius 1 is 0.886 bits per heavy atom. The number of alkyl halides is 3. The third-order valence-electron chi connectivity index (χ3n) is 6.77. The molecule has 0 aliphatic heterocycles. The van der Waals surface area contributed by atoms with Gasteiger partial charge in [-0.1, -0.05) is 36.4 Å². The summed E-state index contributed by atoms with van der Waals surface area (Å²) in [5, 5.41) is 1.26. The molecule has 6 rings (SSSR count). The van der Waals surface area contributed by atoms with Crippen molar-refractivity contribution < 1.29 is 35.3 Å². The predicted octanol–water partition coefficient (Wildman–Crippen LogP) is 8.54. The van der Waals surface area contributed by atoms with Gasteiger partial charge in [-0.05, 0) is 54.4 Å². The van der Waals surface area contributed by atoms with E-state index >= 15 is 0 Å². The van der Waals surface area contributed by atoms with Crippen LogP contribution >= 0.6 is 22.7 Å². The van der Waals surface area contributed by atoms with Crippen molar-refractivity contribution in [2.75, 3.05) is 0 Å². The van der Waals surface area contributed by atoms with Gasteiger partial charge in [0.25, 0.3) is 10.1 Å². The normalized spacial score (nSPS) is 12.0. The van der Waals surface area contributed by atoms with Crippen LogP contribution in [-0.4, -0.2) is 28.7 Å². The molecule has 4 aromatic carbocycles. The van der Waals surface area contributed by atoms with Crippen molar-refractivity contribution in [2.24, 2.45) is 0 Å². The smallest absolute Gasteiger partial charge is 0.344 e. The summed E-state index contributed by atoms with van der Waals surface area (Å²) >= 11 is 2.57. The maximum absolute atomic E-state index is 14.4. The third-order valence-corrected chi connectivity index (χ3v) is 10.1. The molecule has 0 unspecified atom stereocenters. The highest BCUT2D eigenvalue weighted by molar-refractivity contribution is 7.86. The summed E-state index contributed by atoms with van der Waals surface area (Å²) < 4.78 is 88.4. The molecule has 7 nitrogen and oxygen atoms in total. The number of benzene rings is 4. The number of Topliss-reactive ketones (excluding diaryl/α,β-unsaturated/α-hetero) is 1. The molecule has 44 heavy (non-hydrogen) atoms. The lowest BCUT2D eigenvalue weighted by molar-refractivity contribution is -0.140. The monoisotopic (exact) mass is 659 g/mol. The number of thiazole rings is 2. The molecule has 4 N–H and O–H groups in total. The molecule has 0 aliphatic carbocycles. The Hall–Kier alpha value is -4.08. The minimum absolute atomic E-state index is 0. The number of ketones is 1. The molecule has 2 aromatic heterocycles. The summed E-state index contributed by atoms with van der Waals surface area (Å²) in [6.45, 7) is 1.60. The maximum Gasteiger partial charge on any atom is 0.419 e. The van der Waals surface area contributed by atoms with E-state index in [9.17, 15) is 35.3 Å². The largest absolute Gasteiger partial charge is 0.419 e. The lowest BCUT2D eigenvalue weighted by Gasteiger charge is -2.10. The fourth-order valence-electron chi connectivity index (χ4n) is 4.70. The molecule has 0 fully saturated rings. The second-order valence-corrected chi connectivity index (χ2v) is 13.1. The van der Waals surface area contributed by atoms with Gasteiger partial charge in [-0.25, -0.2) is 14.4 Å². The van der Waals surface area contributed by atoms with Gasteiger partial charge >= 0.3 is 6.18 Å². The Morgan fingerprint density at radius 2 is 1.52 bits per heavy atom. The van der Waals surface area contributed by atoms with Crippen LogP contribution in [0.25, 0.3) is 41.6 Å². The fraction of sp³-hybridized carbons (Fsp3) is 0.100. The Kier molecular flexibility index (Phi) is 8.16. The van der Waals surface area contributed by atoms with Crippen LogP contribution in [0.3, 0.4) is 0 Å². The first-order valence-corrected chi connectivity index (χ1v) is 15.6. The number of carbonyl (C=O) groups excluding carboxylic acids is 1. The van der Waals surface area contributed by atoms with Crippen LogP contribution in [0, 0.1) is 12.7 Å². The summed E-state index contributed by atoms with van der Waals surface area (Å²) in [6.07, 6.45) is -5.18. The predicted molar refractivity (Wildman–Crippen MR) is 163 cm³/mol. The van der Waals surface area contributed by atoms with Crippen LogP contribution in [0.5, 0.6) is 0 Å². The van der Waals surface area contributed by atoms with Gasteiger partial charge in [0.05, 0.1) is 31.6 Å². The number of nitrogens with zero attached hydrogens (tertiary/aromatic N) is 2. The first-order chi connectivity index (χ1) is 20.3. The topological polar surface area (TPSA) is 132 Å². The van der Waals surface area contributed by atoms with Crippen LogP contribution in [0.4, 0.5) is 17.6 Å². The van der Waals surface area contributed by atoms with Gasteiger partial charge in [0.15, 0.2) is 5.78 Å². The average molecular weight is 660 g/mol. The molecule has 0 radical (unpaired) electrons. The maximum atomic E-state index is 14.4. The molecule has 0 bridgehead atoms. The van der Waals surface area contributed by atoms with E-state index in [0.717, 1.165) is 44.8 Å². The molecule has 0 aliphatic rings. The molecular weight excluding hydrogens is 639 g/mol. The highest BCUT2D eigenvalue weighted by atomic mass is 32.2. The zero-order chi connectivity index (χ0) is 30.7. The summed E-state index contributed by atoms with van der Waals surface area (Å²) in [5.74, 6) is -2.34. The minimum atomic E-state index is -4.90. The molecule has 0 saturated heterocycles. The SMILES string of the molecule is Cc1ccc2nc(-c3ccc4nc(-c5ccc(CC(=O)c6cccc(C(F)(F)F)c6F)cc5)sc4c3)sc2c1S(=O)(=O)O.N. The molecule has 0 saturated carbocycles. The van der Waals surface area contributed by atoms with Gasteiger partial charge in [-0.3, -0.25) is 9.35 Å². The van der Waals surface area contributed by atoms with E-state index in [1.165, 1.54) is 11.3 Å². The van der Waals surface area contributed by atoms with Crippen LogP contribution in [0.1, 0.15) is 27.0 Å². The Morgan fingerprint density at radius 3 is 2.20 bits per heavy atom. The Bertz CT molecular complexity index is 2170. The van der Waals surface area contributed by atoms with Crippen molar-refractivity contribution in [3.63, 3.8) is 0 Å². The molecular formula is C30H21F4N3O4S3. The van der Waals surface area contributed by atoms with E-state index in [1.807, 2.05) is 18.2 Å². The second-order valence-electron chi connectivity index (χ2n) is 9.72. The number of rotatable bonds is 6. The number of halogens is 4. The van der Waals surface area contributed by atoms with Crippen LogP contribution in [0.2, 0.25) is 0 Å². The molecule has 2 heterocycles. The highest BCUT2D eigenvalue weighted by Gasteiger charge is 2.35. The zero-order valence-corrected chi connectivity index (χ0v) is 25.1. The first kappa shape index (κ1) is 31.3. The molecule has 0 atom stereocenters. The lowest BCUT2D eigenvalue weighted by Crippen LogP contribution is -2.13. The van der Waals surface area contributed by atoms with Crippen molar-refractivity contribution in [1.29, 1.82) is 0 Å². The molecule has 0 amide bonds. The third kappa shape index (κ3) is 5.86. The average Bonchev–Trinajstić information content (AvgIpc) is 3.56.